The molecule has 82 valence electrons. The van der Waals surface area contributed by atoms with Crippen LogP contribution in [0.1, 0.15) is 16.0 Å². The average molecular weight is 300 g/mol. The lowest BCUT2D eigenvalue weighted by atomic mass is 10.0. The summed E-state index contributed by atoms with van der Waals surface area (Å²) in [7, 11) is 0. The van der Waals surface area contributed by atoms with Crippen LogP contribution in [0.25, 0.3) is 0 Å². The summed E-state index contributed by atoms with van der Waals surface area (Å²) >= 11 is 9.57. The minimum atomic E-state index is -0.318. The molecular weight excluding hydrogens is 290 g/mol. The Morgan fingerprint density at radius 1 is 1.06 bits per heavy atom. The predicted molar refractivity (Wildman–Crippen MR) is 68.6 cm³/mol. The lowest BCUT2D eigenvalue weighted by Gasteiger charge is -2.12. The topological polar surface area (TPSA) is 0 Å². The van der Waals surface area contributed by atoms with Gasteiger partial charge in [-0.25, -0.2) is 4.39 Å². The number of benzene rings is 2. The summed E-state index contributed by atoms with van der Waals surface area (Å²) in [6, 6.07) is 14.3. The van der Waals surface area contributed by atoms with Crippen LogP contribution in [-0.4, -0.2) is 0 Å². The quantitative estimate of drug-likeness (QED) is 0.687. The van der Waals surface area contributed by atoms with E-state index in [2.05, 4.69) is 15.9 Å². The van der Waals surface area contributed by atoms with E-state index in [1.54, 1.807) is 6.07 Å². The van der Waals surface area contributed by atoms with Gasteiger partial charge in [-0.3, -0.25) is 0 Å². The van der Waals surface area contributed by atoms with E-state index < -0.39 is 0 Å². The van der Waals surface area contributed by atoms with Crippen molar-refractivity contribution in [1.29, 1.82) is 0 Å². The number of hydrogen-bond donors (Lipinski definition) is 0. The van der Waals surface area contributed by atoms with Crippen LogP contribution in [0.15, 0.2) is 48.5 Å². The second-order valence-corrected chi connectivity index (χ2v) is 4.76. The highest BCUT2D eigenvalue weighted by Crippen LogP contribution is 2.35. The molecule has 3 heteroatoms. The van der Waals surface area contributed by atoms with Crippen LogP contribution in [0, 0.1) is 5.82 Å². The highest BCUT2D eigenvalue weighted by atomic mass is 79.9. The van der Waals surface area contributed by atoms with Gasteiger partial charge in [-0.15, -0.1) is 0 Å². The van der Waals surface area contributed by atoms with Gasteiger partial charge in [0.2, 0.25) is 0 Å². The standard InChI is InChI=1S/C13H9BrClF/c14-13(9-4-2-1-3-5-9)11-7-6-10(16)8-12(11)15/h1-8,13H. The molecule has 0 aliphatic carbocycles. The molecule has 0 nitrogen and oxygen atoms in total. The first-order valence-electron chi connectivity index (χ1n) is 4.82. The number of rotatable bonds is 2. The fourth-order valence-electron chi connectivity index (χ4n) is 1.51. The normalized spacial score (nSPS) is 12.4. The van der Waals surface area contributed by atoms with Crippen molar-refractivity contribution in [1.82, 2.24) is 0 Å². The molecule has 0 heterocycles. The first kappa shape index (κ1) is 11.6. The van der Waals surface area contributed by atoms with Gasteiger partial charge in [-0.1, -0.05) is 63.9 Å². The Kier molecular flexibility index (Phi) is 3.62. The Morgan fingerprint density at radius 3 is 2.38 bits per heavy atom. The highest BCUT2D eigenvalue weighted by Gasteiger charge is 2.13. The van der Waals surface area contributed by atoms with Crippen LogP contribution in [-0.2, 0) is 0 Å². The van der Waals surface area contributed by atoms with Crippen LogP contribution >= 0.6 is 27.5 Å². The summed E-state index contributed by atoms with van der Waals surface area (Å²) in [5.74, 6) is -0.318. The van der Waals surface area contributed by atoms with E-state index in [-0.39, 0.29) is 10.6 Å². The van der Waals surface area contributed by atoms with Crippen molar-refractivity contribution in [2.24, 2.45) is 0 Å². The van der Waals surface area contributed by atoms with Crippen molar-refractivity contribution in [2.45, 2.75) is 4.83 Å². The third-order valence-corrected chi connectivity index (χ3v) is 3.68. The van der Waals surface area contributed by atoms with Crippen LogP contribution < -0.4 is 0 Å². The maximum absolute atomic E-state index is 12.9. The molecule has 1 unspecified atom stereocenters. The molecule has 0 radical (unpaired) electrons. The number of halogens is 3. The highest BCUT2D eigenvalue weighted by molar-refractivity contribution is 9.09. The summed E-state index contributed by atoms with van der Waals surface area (Å²) in [4.78, 5) is -0.0122. The molecule has 0 aliphatic heterocycles. The van der Waals surface area contributed by atoms with Crippen LogP contribution in [0.5, 0.6) is 0 Å². The second-order valence-electron chi connectivity index (χ2n) is 3.44. The van der Waals surface area contributed by atoms with E-state index in [1.807, 2.05) is 30.3 Å². The fourth-order valence-corrected chi connectivity index (χ4v) is 2.62. The molecule has 0 N–H and O–H groups in total. The summed E-state index contributed by atoms with van der Waals surface area (Å²) in [5.41, 5.74) is 1.96. The minimum absolute atomic E-state index is 0.0122. The Morgan fingerprint density at radius 2 is 1.75 bits per heavy atom. The van der Waals surface area contributed by atoms with Crippen molar-refractivity contribution in [3.63, 3.8) is 0 Å². The molecule has 0 saturated carbocycles. The zero-order valence-corrected chi connectivity index (χ0v) is 10.7. The van der Waals surface area contributed by atoms with Crippen LogP contribution in [0.2, 0.25) is 5.02 Å². The third-order valence-electron chi connectivity index (χ3n) is 2.33. The van der Waals surface area contributed by atoms with Gasteiger partial charge in [0.25, 0.3) is 0 Å². The number of hydrogen-bond acceptors (Lipinski definition) is 0. The number of alkyl halides is 1. The van der Waals surface area contributed by atoms with Crippen molar-refractivity contribution >= 4 is 27.5 Å². The van der Waals surface area contributed by atoms with Gasteiger partial charge in [0, 0.05) is 5.02 Å². The van der Waals surface area contributed by atoms with E-state index in [0.717, 1.165) is 11.1 Å². The molecule has 1 atom stereocenters. The van der Waals surface area contributed by atoms with Crippen molar-refractivity contribution in [3.8, 4) is 0 Å². The van der Waals surface area contributed by atoms with Gasteiger partial charge in [-0.2, -0.15) is 0 Å². The van der Waals surface area contributed by atoms with Crippen LogP contribution in [0.3, 0.4) is 0 Å². The molecule has 0 bridgehead atoms. The molecule has 0 aliphatic rings. The Labute approximate surface area is 107 Å². The smallest absolute Gasteiger partial charge is 0.124 e. The summed E-state index contributed by atoms with van der Waals surface area (Å²) in [6.07, 6.45) is 0. The van der Waals surface area contributed by atoms with Crippen molar-refractivity contribution in [3.05, 3.63) is 70.5 Å². The van der Waals surface area contributed by atoms with Crippen molar-refractivity contribution in [2.75, 3.05) is 0 Å². The van der Waals surface area contributed by atoms with E-state index in [4.69, 9.17) is 11.6 Å². The monoisotopic (exact) mass is 298 g/mol. The molecule has 0 spiro atoms. The SMILES string of the molecule is Fc1ccc(C(Br)c2ccccc2)c(Cl)c1. The molecular formula is C13H9BrClF. The molecule has 0 fully saturated rings. The third kappa shape index (κ3) is 2.45. The van der Waals surface area contributed by atoms with Crippen LogP contribution in [0.4, 0.5) is 4.39 Å². The summed E-state index contributed by atoms with van der Waals surface area (Å²) in [6.45, 7) is 0. The van der Waals surface area contributed by atoms with Crippen molar-refractivity contribution < 1.29 is 4.39 Å². The van der Waals surface area contributed by atoms with Gasteiger partial charge >= 0.3 is 0 Å². The van der Waals surface area contributed by atoms with Gasteiger partial charge in [0.15, 0.2) is 0 Å². The average Bonchev–Trinajstić information content (AvgIpc) is 2.29. The second kappa shape index (κ2) is 4.98. The minimum Gasteiger partial charge on any atom is -0.207 e. The van der Waals surface area contributed by atoms with E-state index >= 15 is 0 Å². The maximum Gasteiger partial charge on any atom is 0.124 e. The van der Waals surface area contributed by atoms with Gasteiger partial charge in [-0.05, 0) is 23.3 Å². The Hall–Kier alpha value is -0.860. The Bertz CT molecular complexity index is 485. The lowest BCUT2D eigenvalue weighted by Crippen LogP contribution is -1.94. The lowest BCUT2D eigenvalue weighted by molar-refractivity contribution is 0.627. The maximum atomic E-state index is 12.9. The summed E-state index contributed by atoms with van der Waals surface area (Å²) < 4.78 is 12.9. The molecule has 0 aromatic heterocycles. The fraction of sp³-hybridized carbons (Fsp3) is 0.0769. The first-order valence-corrected chi connectivity index (χ1v) is 6.12. The molecule has 0 saturated heterocycles. The molecule has 0 amide bonds. The van der Waals surface area contributed by atoms with Gasteiger partial charge in [0.05, 0.1) is 4.83 Å². The summed E-state index contributed by atoms with van der Waals surface area (Å²) in [5, 5.41) is 0.436. The van der Waals surface area contributed by atoms with E-state index in [9.17, 15) is 4.39 Å². The molecule has 16 heavy (non-hydrogen) atoms. The molecule has 2 aromatic rings. The first-order chi connectivity index (χ1) is 7.68. The van der Waals surface area contributed by atoms with E-state index in [0.29, 0.717) is 5.02 Å². The van der Waals surface area contributed by atoms with Gasteiger partial charge < -0.3 is 0 Å². The molecule has 2 rings (SSSR count). The predicted octanol–water partition coefficient (Wildman–Crippen LogP) is 4.96. The zero-order valence-electron chi connectivity index (χ0n) is 8.33. The largest absolute Gasteiger partial charge is 0.207 e. The Balaban J connectivity index is 2.38. The van der Waals surface area contributed by atoms with E-state index in [1.165, 1.54) is 12.1 Å². The molecule has 2 aromatic carbocycles. The van der Waals surface area contributed by atoms with Gasteiger partial charge in [0.1, 0.15) is 5.82 Å². The zero-order chi connectivity index (χ0) is 11.5.